The van der Waals surface area contributed by atoms with Gasteiger partial charge >= 0.3 is 11.9 Å². The highest BCUT2D eigenvalue weighted by atomic mass is 35.5. The zero-order valence-corrected chi connectivity index (χ0v) is 22.4. The molecule has 3 rings (SSSR count). The van der Waals surface area contributed by atoms with Crippen LogP contribution in [0.3, 0.4) is 0 Å². The Labute approximate surface area is 220 Å². The topological polar surface area (TPSA) is 136 Å². The van der Waals surface area contributed by atoms with Crippen molar-refractivity contribution in [2.45, 2.75) is 44.7 Å². The van der Waals surface area contributed by atoms with Crippen molar-refractivity contribution in [3.63, 3.8) is 0 Å². The molecular weight excluding hydrogens is 532 g/mol. The molecule has 3 heterocycles. The fraction of sp³-hybridized carbons (Fsp3) is 0.455. The minimum absolute atomic E-state index is 0.126. The number of ether oxygens (including phenoxy) is 2. The third kappa shape index (κ3) is 6.65. The summed E-state index contributed by atoms with van der Waals surface area (Å²) < 4.78 is 10.3. The van der Waals surface area contributed by atoms with Gasteiger partial charge in [0.15, 0.2) is 5.71 Å². The van der Waals surface area contributed by atoms with Crippen LogP contribution in [0.5, 0.6) is 0 Å². The van der Waals surface area contributed by atoms with Crippen LogP contribution in [0.2, 0.25) is 0 Å². The van der Waals surface area contributed by atoms with Crippen LogP contribution < -0.4 is 5.32 Å². The second kappa shape index (κ2) is 11.4. The van der Waals surface area contributed by atoms with Gasteiger partial charge in [-0.05, 0) is 33.3 Å². The first-order valence-electron chi connectivity index (χ1n) is 10.6. The minimum atomic E-state index is -0.920. The molecule has 1 aromatic heterocycles. The summed E-state index contributed by atoms with van der Waals surface area (Å²) in [5.41, 5.74) is 1.59. The van der Waals surface area contributed by atoms with Crippen LogP contribution in [0.25, 0.3) is 0 Å². The summed E-state index contributed by atoms with van der Waals surface area (Å²) in [7, 11) is 0. The normalized spacial score (nSPS) is 19.8. The quantitative estimate of drug-likeness (QED) is 0.210. The highest BCUT2D eigenvalue weighted by Gasteiger charge is 2.54. The summed E-state index contributed by atoms with van der Waals surface area (Å²) >= 11 is 8.29. The lowest BCUT2D eigenvalue weighted by Gasteiger charge is -2.49. The van der Waals surface area contributed by atoms with Crippen LogP contribution in [0.4, 0.5) is 0 Å². The van der Waals surface area contributed by atoms with Crippen LogP contribution in [0.15, 0.2) is 38.9 Å². The largest absolute Gasteiger partial charge is 0.457 e. The van der Waals surface area contributed by atoms with E-state index in [1.54, 1.807) is 33.1 Å². The number of esters is 2. The number of amides is 2. The standard InChI is InChI=1S/C22H25ClN4O7S2/c1-11-8-36-20-16(19(30)27(20)17(11)21(31)32-6-12(2)23)25-18(29)15(13-9-35-10-24-13)26-33-7-14(28)34-22(3,4)5/h9-10,16,20H,2,6-8H2,1,3-5H3,(H,25,29)/t16?,20-/m1/s1. The summed E-state index contributed by atoms with van der Waals surface area (Å²) in [6.07, 6.45) is 0. The maximum absolute atomic E-state index is 13.0. The van der Waals surface area contributed by atoms with Crippen LogP contribution in [0, 0.1) is 0 Å². The molecule has 14 heteroatoms. The molecule has 2 atom stereocenters. The summed E-state index contributed by atoms with van der Waals surface area (Å²) in [5.74, 6) is -2.11. The van der Waals surface area contributed by atoms with E-state index in [2.05, 4.69) is 22.0 Å². The van der Waals surface area contributed by atoms with Crippen molar-refractivity contribution in [3.8, 4) is 0 Å². The summed E-state index contributed by atoms with van der Waals surface area (Å²) in [6, 6.07) is -0.920. The van der Waals surface area contributed by atoms with Crippen molar-refractivity contribution in [2.24, 2.45) is 5.16 Å². The van der Waals surface area contributed by atoms with E-state index in [0.717, 1.165) is 0 Å². The van der Waals surface area contributed by atoms with Gasteiger partial charge in [-0.25, -0.2) is 14.6 Å². The minimum Gasteiger partial charge on any atom is -0.457 e. The molecule has 0 aliphatic carbocycles. The highest BCUT2D eigenvalue weighted by molar-refractivity contribution is 8.00. The lowest BCUT2D eigenvalue weighted by atomic mass is 10.0. The number of oxime groups is 1. The molecule has 2 amide bonds. The third-order valence-corrected chi connectivity index (χ3v) is 6.77. The molecule has 0 spiro atoms. The molecule has 0 saturated carbocycles. The van der Waals surface area contributed by atoms with E-state index >= 15 is 0 Å². The van der Waals surface area contributed by atoms with Crippen LogP contribution in [0.1, 0.15) is 33.4 Å². The fourth-order valence-electron chi connectivity index (χ4n) is 3.24. The van der Waals surface area contributed by atoms with Crippen molar-refractivity contribution in [1.29, 1.82) is 0 Å². The smallest absolute Gasteiger partial charge is 0.355 e. The highest BCUT2D eigenvalue weighted by Crippen LogP contribution is 2.40. The number of carbonyl (C=O) groups is 4. The number of hydrogen-bond acceptors (Lipinski definition) is 11. The number of nitrogens with zero attached hydrogens (tertiary/aromatic N) is 3. The molecule has 2 aliphatic heterocycles. The summed E-state index contributed by atoms with van der Waals surface area (Å²) in [5, 5.41) is 7.61. The number of aromatic nitrogens is 1. The molecule has 11 nitrogen and oxygen atoms in total. The second-order valence-corrected chi connectivity index (χ2v) is 11.1. The molecule has 36 heavy (non-hydrogen) atoms. The molecule has 0 radical (unpaired) electrons. The van der Waals surface area contributed by atoms with Gasteiger partial charge in [0.05, 0.1) is 5.51 Å². The molecule has 1 aromatic rings. The number of thiazole rings is 1. The summed E-state index contributed by atoms with van der Waals surface area (Å²) in [6.45, 7) is 9.62. The first-order valence-corrected chi connectivity index (χ1v) is 13.0. The lowest BCUT2D eigenvalue weighted by Crippen LogP contribution is -2.71. The zero-order chi connectivity index (χ0) is 26.6. The number of thioether (sulfide) groups is 1. The summed E-state index contributed by atoms with van der Waals surface area (Å²) in [4.78, 5) is 60.8. The Morgan fingerprint density at radius 3 is 2.67 bits per heavy atom. The van der Waals surface area contributed by atoms with Gasteiger partial charge in [0.25, 0.3) is 11.8 Å². The number of nitrogens with one attached hydrogen (secondary N) is 1. The number of hydrogen-bond donors (Lipinski definition) is 1. The Morgan fingerprint density at radius 1 is 1.33 bits per heavy atom. The first-order chi connectivity index (χ1) is 16.9. The SMILES string of the molecule is C=C(Cl)COC(=O)C1=C(C)CS[C@@H]2C(NC(=O)C(=NOCC(=O)OC(C)(C)C)c3cscn3)C(=O)N12. The van der Waals surface area contributed by atoms with Gasteiger partial charge in [0.2, 0.25) is 6.61 Å². The number of β-lactam (4-membered cyclic amide) rings is 1. The molecule has 194 valence electrons. The maximum atomic E-state index is 13.0. The van der Waals surface area contributed by atoms with E-state index in [1.165, 1.54) is 33.5 Å². The van der Waals surface area contributed by atoms with E-state index in [4.69, 9.17) is 25.9 Å². The van der Waals surface area contributed by atoms with Crippen LogP contribution in [-0.2, 0) is 33.5 Å². The average Bonchev–Trinajstić information content (AvgIpc) is 3.31. The number of halogens is 1. The van der Waals surface area contributed by atoms with Crippen molar-refractivity contribution in [2.75, 3.05) is 19.0 Å². The number of rotatable bonds is 9. The Balaban J connectivity index is 1.69. The van der Waals surface area contributed by atoms with E-state index < -0.39 is 47.4 Å². The molecule has 1 saturated heterocycles. The second-order valence-electron chi connectivity index (χ2n) is 8.76. The maximum Gasteiger partial charge on any atom is 0.355 e. The fourth-order valence-corrected chi connectivity index (χ4v) is 5.12. The van der Waals surface area contributed by atoms with Gasteiger partial charge in [-0.3, -0.25) is 14.5 Å². The van der Waals surface area contributed by atoms with Gasteiger partial charge in [-0.1, -0.05) is 23.3 Å². The van der Waals surface area contributed by atoms with Gasteiger partial charge < -0.3 is 19.6 Å². The third-order valence-electron chi connectivity index (χ3n) is 4.65. The van der Waals surface area contributed by atoms with E-state index in [0.29, 0.717) is 11.3 Å². The Bertz CT molecular complexity index is 1130. The molecular formula is C22H25ClN4O7S2. The van der Waals surface area contributed by atoms with E-state index in [9.17, 15) is 19.2 Å². The molecule has 0 aromatic carbocycles. The van der Waals surface area contributed by atoms with Crippen molar-refractivity contribution in [1.82, 2.24) is 15.2 Å². The Morgan fingerprint density at radius 2 is 2.06 bits per heavy atom. The molecule has 0 bridgehead atoms. The molecule has 1 fully saturated rings. The Hall–Kier alpha value is -2.90. The zero-order valence-electron chi connectivity index (χ0n) is 20.0. The predicted molar refractivity (Wildman–Crippen MR) is 134 cm³/mol. The average molecular weight is 557 g/mol. The van der Waals surface area contributed by atoms with Crippen molar-refractivity contribution >= 4 is 64.2 Å². The van der Waals surface area contributed by atoms with Gasteiger partial charge in [-0.15, -0.1) is 23.1 Å². The van der Waals surface area contributed by atoms with Crippen LogP contribution in [-0.4, -0.2) is 75.3 Å². The van der Waals surface area contributed by atoms with E-state index in [-0.39, 0.29) is 28.7 Å². The van der Waals surface area contributed by atoms with Gasteiger partial charge in [-0.2, -0.15) is 0 Å². The van der Waals surface area contributed by atoms with Gasteiger partial charge in [0.1, 0.15) is 35.0 Å². The molecule has 1 unspecified atom stereocenters. The Kier molecular flexibility index (Phi) is 8.80. The number of fused-ring (bicyclic) bond motifs is 1. The lowest BCUT2D eigenvalue weighted by molar-refractivity contribution is -0.160. The van der Waals surface area contributed by atoms with E-state index in [1.807, 2.05) is 0 Å². The predicted octanol–water partition coefficient (Wildman–Crippen LogP) is 2.18. The molecule has 1 N–H and O–H groups in total. The first kappa shape index (κ1) is 27.7. The monoisotopic (exact) mass is 556 g/mol. The van der Waals surface area contributed by atoms with Gasteiger partial charge in [0, 0.05) is 16.2 Å². The number of carbonyl (C=O) groups excluding carboxylic acids is 4. The van der Waals surface area contributed by atoms with Crippen LogP contribution >= 0.6 is 34.7 Å². The molecule has 2 aliphatic rings. The van der Waals surface area contributed by atoms with Crippen molar-refractivity contribution in [3.05, 3.63) is 39.5 Å². The van der Waals surface area contributed by atoms with Crippen molar-refractivity contribution < 1.29 is 33.5 Å².